The number of carbonyl (C=O) groups excluding carboxylic acids is 5. The highest BCUT2D eigenvalue weighted by Gasteiger charge is 2.34. The first kappa shape index (κ1) is 42.9. The third kappa shape index (κ3) is 8.80. The Kier molecular flexibility index (Phi) is 12.0. The number of rotatable bonds is 15. The van der Waals surface area contributed by atoms with Crippen molar-refractivity contribution in [3.63, 3.8) is 0 Å². The van der Waals surface area contributed by atoms with Crippen LogP contribution in [0.2, 0.25) is 0 Å². The molecule has 6 aromatic rings. The number of anilines is 3. The molecule has 0 unspecified atom stereocenters. The van der Waals surface area contributed by atoms with E-state index in [1.54, 1.807) is 82.7 Å². The van der Waals surface area contributed by atoms with E-state index in [4.69, 9.17) is 9.47 Å². The molecular formula is C46H49N11O7. The molecule has 1 atom stereocenters. The van der Waals surface area contributed by atoms with Gasteiger partial charge in [-0.25, -0.2) is 4.98 Å². The molecule has 330 valence electrons. The molecule has 4 amide bonds. The van der Waals surface area contributed by atoms with Gasteiger partial charge in [-0.1, -0.05) is 25.1 Å². The molecule has 18 nitrogen and oxygen atoms in total. The summed E-state index contributed by atoms with van der Waals surface area (Å²) in [6.45, 7) is 8.33. The number of aryl methyl sites for hydroxylation is 3. The molecular weight excluding hydrogens is 819 g/mol. The van der Waals surface area contributed by atoms with Gasteiger partial charge in [0, 0.05) is 83.1 Å². The van der Waals surface area contributed by atoms with Gasteiger partial charge in [0.15, 0.2) is 17.3 Å². The number of hydrogen-bond donors (Lipinski definition) is 4. The van der Waals surface area contributed by atoms with Crippen molar-refractivity contribution in [1.82, 2.24) is 33.5 Å². The number of methoxy groups -OCH3 is 1. The average Bonchev–Trinajstić information content (AvgIpc) is 4.10. The van der Waals surface area contributed by atoms with Gasteiger partial charge in [0.2, 0.25) is 11.7 Å². The standard InChI is InChI=1S/C46H49N11O7/c1-7-47-21-28-10-11-35-29(16-28)12-13-56(35)46(62)37-18-31(25-54(37)4)49-43(59)36-17-30(24-53(36)3)50-44(60)42-52-40(26-55(42)5)51-41(58)9-8-14-64-39-20-34-33(19-38(39)63-6)45(61)57-23-27(2)15-32(57)22-48-34/h10-13,16-20,22,24-26,32,47H,2,7-9,14-15,21,23H2,1,3-6H3,(H,49,59)(H,50,60)(H,51,58)/t32-/m0/s1. The molecule has 1 fully saturated rings. The van der Waals surface area contributed by atoms with Crippen LogP contribution >= 0.6 is 0 Å². The summed E-state index contributed by atoms with van der Waals surface area (Å²) in [5.74, 6) is -0.730. The summed E-state index contributed by atoms with van der Waals surface area (Å²) in [6.07, 6.45) is 9.41. The summed E-state index contributed by atoms with van der Waals surface area (Å²) in [7, 11) is 6.53. The van der Waals surface area contributed by atoms with Crippen molar-refractivity contribution in [2.24, 2.45) is 26.1 Å². The molecule has 0 spiro atoms. The van der Waals surface area contributed by atoms with Gasteiger partial charge >= 0.3 is 0 Å². The molecule has 4 aromatic heterocycles. The highest BCUT2D eigenvalue weighted by atomic mass is 16.5. The van der Waals surface area contributed by atoms with Crippen LogP contribution in [0.25, 0.3) is 10.9 Å². The second-order valence-electron chi connectivity index (χ2n) is 15.8. The van der Waals surface area contributed by atoms with E-state index in [1.165, 1.54) is 23.9 Å². The third-order valence-electron chi connectivity index (χ3n) is 11.1. The number of imidazole rings is 1. The number of hydrogen-bond acceptors (Lipinski definition) is 10. The fourth-order valence-electron chi connectivity index (χ4n) is 7.92. The minimum atomic E-state index is -0.557. The van der Waals surface area contributed by atoms with E-state index in [1.807, 2.05) is 18.2 Å². The second-order valence-corrected chi connectivity index (χ2v) is 15.8. The zero-order valence-electron chi connectivity index (χ0n) is 36.2. The molecule has 8 rings (SSSR count). The summed E-state index contributed by atoms with van der Waals surface area (Å²) in [6, 6.07) is 14.2. The average molecular weight is 868 g/mol. The van der Waals surface area contributed by atoms with Crippen LogP contribution in [-0.4, -0.2) is 96.8 Å². The third-order valence-corrected chi connectivity index (χ3v) is 11.1. The molecule has 0 radical (unpaired) electrons. The monoisotopic (exact) mass is 867 g/mol. The fourth-order valence-corrected chi connectivity index (χ4v) is 7.92. The summed E-state index contributed by atoms with van der Waals surface area (Å²) < 4.78 is 17.8. The normalized spacial score (nSPS) is 14.3. The largest absolute Gasteiger partial charge is 0.493 e. The Morgan fingerprint density at radius 1 is 0.875 bits per heavy atom. The number of amides is 4. The van der Waals surface area contributed by atoms with Crippen molar-refractivity contribution in [3.8, 4) is 11.5 Å². The minimum absolute atomic E-state index is 0.0289. The van der Waals surface area contributed by atoms with Crippen molar-refractivity contribution in [1.29, 1.82) is 0 Å². The zero-order valence-corrected chi connectivity index (χ0v) is 36.2. The lowest BCUT2D eigenvalue weighted by atomic mass is 10.1. The van der Waals surface area contributed by atoms with Gasteiger partial charge in [-0.05, 0) is 61.3 Å². The number of fused-ring (bicyclic) bond motifs is 3. The van der Waals surface area contributed by atoms with Crippen LogP contribution in [-0.2, 0) is 32.5 Å². The fraction of sp³-hybridized carbons (Fsp3) is 0.283. The van der Waals surface area contributed by atoms with Gasteiger partial charge in [0.25, 0.3) is 23.6 Å². The van der Waals surface area contributed by atoms with Crippen LogP contribution in [0.5, 0.6) is 11.5 Å². The lowest BCUT2D eigenvalue weighted by Crippen LogP contribution is -2.35. The summed E-state index contributed by atoms with van der Waals surface area (Å²) in [4.78, 5) is 77.2. The van der Waals surface area contributed by atoms with Crippen molar-refractivity contribution in [2.45, 2.75) is 38.8 Å². The van der Waals surface area contributed by atoms with E-state index >= 15 is 0 Å². The Morgan fingerprint density at radius 3 is 2.39 bits per heavy atom. The molecule has 1 saturated heterocycles. The smallest absolute Gasteiger partial charge is 0.291 e. The number of nitrogens with zero attached hydrogens (tertiary/aromatic N) is 7. The molecule has 0 aliphatic carbocycles. The number of nitrogens with one attached hydrogen (secondary N) is 4. The van der Waals surface area contributed by atoms with Crippen LogP contribution in [0.3, 0.4) is 0 Å². The van der Waals surface area contributed by atoms with Crippen LogP contribution in [0, 0.1) is 0 Å². The highest BCUT2D eigenvalue weighted by molar-refractivity contribution is 6.08. The van der Waals surface area contributed by atoms with Gasteiger partial charge in [-0.2, -0.15) is 0 Å². The van der Waals surface area contributed by atoms with Gasteiger partial charge in [0.1, 0.15) is 11.4 Å². The molecule has 0 saturated carbocycles. The van der Waals surface area contributed by atoms with Gasteiger partial charge in [-0.3, -0.25) is 33.5 Å². The van der Waals surface area contributed by atoms with E-state index in [0.717, 1.165) is 35.1 Å². The van der Waals surface area contributed by atoms with Gasteiger partial charge in [0.05, 0.1) is 47.9 Å². The minimum Gasteiger partial charge on any atom is -0.493 e. The molecule has 2 aliphatic rings. The zero-order chi connectivity index (χ0) is 45.2. The van der Waals surface area contributed by atoms with Crippen molar-refractivity contribution < 1.29 is 33.4 Å². The first-order valence-electron chi connectivity index (χ1n) is 20.8. The van der Waals surface area contributed by atoms with Crippen molar-refractivity contribution >= 4 is 69.5 Å². The number of aliphatic imine (C=N–C) groups is 1. The van der Waals surface area contributed by atoms with E-state index in [0.29, 0.717) is 59.2 Å². The second kappa shape index (κ2) is 17.9. The highest BCUT2D eigenvalue weighted by Crippen LogP contribution is 2.38. The molecule has 2 aliphatic heterocycles. The molecule has 64 heavy (non-hydrogen) atoms. The van der Waals surface area contributed by atoms with Crippen LogP contribution < -0.4 is 30.7 Å². The number of benzene rings is 2. The number of ether oxygens (including phenoxy) is 2. The predicted molar refractivity (Wildman–Crippen MR) is 242 cm³/mol. The van der Waals surface area contributed by atoms with Crippen LogP contribution in [0.4, 0.5) is 22.9 Å². The summed E-state index contributed by atoms with van der Waals surface area (Å²) in [5.41, 5.74) is 5.20. The molecule has 18 heteroatoms. The Hall–Kier alpha value is -7.73. The summed E-state index contributed by atoms with van der Waals surface area (Å²) in [5, 5.41) is 12.6. The first-order chi connectivity index (χ1) is 30.8. The molecule has 6 heterocycles. The lowest BCUT2D eigenvalue weighted by molar-refractivity contribution is -0.116. The summed E-state index contributed by atoms with van der Waals surface area (Å²) >= 11 is 0. The molecule has 4 N–H and O–H groups in total. The Bertz CT molecular complexity index is 2880. The molecule has 0 bridgehead atoms. The van der Waals surface area contributed by atoms with Gasteiger partial charge < -0.3 is 49.3 Å². The topological polar surface area (TPSA) is 200 Å². The Morgan fingerprint density at radius 2 is 1.62 bits per heavy atom. The van der Waals surface area contributed by atoms with Crippen molar-refractivity contribution in [2.75, 3.05) is 42.8 Å². The van der Waals surface area contributed by atoms with Crippen LogP contribution in [0.15, 0.2) is 90.5 Å². The van der Waals surface area contributed by atoms with E-state index in [9.17, 15) is 24.0 Å². The maximum absolute atomic E-state index is 13.6. The Balaban J connectivity index is 0.832. The number of carbonyl (C=O) groups is 5. The van der Waals surface area contributed by atoms with Crippen LogP contribution in [0.1, 0.15) is 73.7 Å². The molecule has 2 aromatic carbocycles. The van der Waals surface area contributed by atoms with E-state index in [-0.39, 0.29) is 54.1 Å². The Labute approximate surface area is 368 Å². The van der Waals surface area contributed by atoms with Crippen molar-refractivity contribution in [3.05, 3.63) is 114 Å². The lowest BCUT2D eigenvalue weighted by Gasteiger charge is -2.20. The van der Waals surface area contributed by atoms with E-state index in [2.05, 4.69) is 50.8 Å². The van der Waals surface area contributed by atoms with E-state index < -0.39 is 11.8 Å². The quantitative estimate of drug-likeness (QED) is 0.0744. The predicted octanol–water partition coefficient (Wildman–Crippen LogP) is 5.65. The van der Waals surface area contributed by atoms with Gasteiger partial charge in [-0.15, -0.1) is 0 Å². The SMILES string of the molecule is C=C1C[C@H]2C=Nc3cc(OCCCC(=O)Nc4cn(C)c(C(=O)Nc5cc(C(=O)Nc6cc(C(=O)n7ccc8cc(CNCC)ccc87)n(C)c6)n(C)c5)n4)c(OC)cc3C(=O)N2C1. The number of aromatic nitrogens is 5. The first-order valence-corrected chi connectivity index (χ1v) is 20.8. The maximum atomic E-state index is 13.6. The maximum Gasteiger partial charge on any atom is 0.291 e.